The second-order valence-electron chi connectivity index (χ2n) is 3.39. The minimum Gasteiger partial charge on any atom is -0.355 e. The fourth-order valence-electron chi connectivity index (χ4n) is 1.53. The molecule has 82 valence electrons. The third-order valence-corrected chi connectivity index (χ3v) is 2.85. The van der Waals surface area contributed by atoms with Gasteiger partial charge in [-0.2, -0.15) is 0 Å². The molecule has 0 aliphatic carbocycles. The molecule has 1 heterocycles. The summed E-state index contributed by atoms with van der Waals surface area (Å²) in [5.74, 6) is 0.572. The molecule has 3 nitrogen and oxygen atoms in total. The van der Waals surface area contributed by atoms with E-state index >= 15 is 0 Å². The molecule has 1 aromatic heterocycles. The van der Waals surface area contributed by atoms with Gasteiger partial charge in [-0.15, -0.1) is 0 Å². The smallest absolute Gasteiger partial charge is 0.181 e. The van der Waals surface area contributed by atoms with Gasteiger partial charge in [0, 0.05) is 23.4 Å². The molecule has 0 spiro atoms. The number of aromatic nitrogens is 1. The highest BCUT2D eigenvalue weighted by Gasteiger charge is 2.18. The van der Waals surface area contributed by atoms with Gasteiger partial charge in [0.1, 0.15) is 0 Å². The first kappa shape index (κ1) is 11.1. The summed E-state index contributed by atoms with van der Waals surface area (Å²) in [4.78, 5) is 11.3. The predicted molar refractivity (Wildman–Crippen MR) is 64.6 cm³/mol. The third kappa shape index (κ3) is 1.93. The van der Waals surface area contributed by atoms with E-state index in [2.05, 4.69) is 21.1 Å². The van der Waals surface area contributed by atoms with E-state index in [4.69, 9.17) is 4.52 Å². The summed E-state index contributed by atoms with van der Waals surface area (Å²) in [6.07, 6.45) is 0. The molecule has 0 bridgehead atoms. The summed E-state index contributed by atoms with van der Waals surface area (Å²) in [5, 5.41) is 4.36. The second-order valence-corrected chi connectivity index (χ2v) is 3.96. The normalized spacial score (nSPS) is 10.4. The van der Waals surface area contributed by atoms with E-state index in [-0.39, 0.29) is 5.78 Å². The van der Waals surface area contributed by atoms with Gasteiger partial charge in [0.2, 0.25) is 0 Å². The van der Waals surface area contributed by atoms with E-state index < -0.39 is 0 Å². The zero-order chi connectivity index (χ0) is 11.5. The van der Waals surface area contributed by atoms with Gasteiger partial charge < -0.3 is 4.52 Å². The molecule has 2 aromatic rings. The number of carbonyl (C=O) groups excluding carboxylic acids is 1. The van der Waals surface area contributed by atoms with E-state index in [9.17, 15) is 4.79 Å². The van der Waals surface area contributed by atoms with Crippen molar-refractivity contribution < 1.29 is 9.32 Å². The van der Waals surface area contributed by atoms with Crippen molar-refractivity contribution in [3.63, 3.8) is 0 Å². The van der Waals surface area contributed by atoms with Crippen LogP contribution in [0.3, 0.4) is 0 Å². The van der Waals surface area contributed by atoms with Crippen molar-refractivity contribution >= 4 is 21.7 Å². The van der Waals surface area contributed by atoms with Crippen LogP contribution >= 0.6 is 15.9 Å². The molecule has 16 heavy (non-hydrogen) atoms. The topological polar surface area (TPSA) is 43.1 Å². The number of alkyl halides is 1. The molecule has 0 radical (unpaired) electrons. The highest BCUT2D eigenvalue weighted by Crippen LogP contribution is 2.28. The number of hydrogen-bond donors (Lipinski definition) is 0. The maximum Gasteiger partial charge on any atom is 0.181 e. The Morgan fingerprint density at radius 1 is 1.38 bits per heavy atom. The van der Waals surface area contributed by atoms with Crippen molar-refractivity contribution in [1.82, 2.24) is 5.16 Å². The minimum absolute atomic E-state index is 0.0830. The highest BCUT2D eigenvalue weighted by molar-refractivity contribution is 9.08. The standard InChI is InChI=1S/C12H10BrNO2/c1-8(15)11-10(7-13)12(16-14-11)9-5-3-2-4-6-9/h2-6H,7H2,1H3. The molecule has 2 rings (SSSR count). The van der Waals surface area contributed by atoms with Crippen LogP contribution in [0, 0.1) is 0 Å². The average Bonchev–Trinajstić information content (AvgIpc) is 2.73. The van der Waals surface area contributed by atoms with Crippen molar-refractivity contribution in [2.75, 3.05) is 0 Å². The Kier molecular flexibility index (Phi) is 3.19. The monoisotopic (exact) mass is 279 g/mol. The maximum absolute atomic E-state index is 11.3. The molecule has 0 saturated heterocycles. The van der Waals surface area contributed by atoms with Gasteiger partial charge in [-0.25, -0.2) is 0 Å². The lowest BCUT2D eigenvalue weighted by Gasteiger charge is -1.98. The Balaban J connectivity index is 2.54. The maximum atomic E-state index is 11.3. The fraction of sp³-hybridized carbons (Fsp3) is 0.167. The molecule has 0 amide bonds. The largest absolute Gasteiger partial charge is 0.355 e. The number of hydrogen-bond acceptors (Lipinski definition) is 3. The Hall–Kier alpha value is -1.42. The number of nitrogens with zero attached hydrogens (tertiary/aromatic N) is 1. The van der Waals surface area contributed by atoms with Gasteiger partial charge >= 0.3 is 0 Å². The molecular formula is C12H10BrNO2. The van der Waals surface area contributed by atoms with Gasteiger partial charge in [-0.3, -0.25) is 4.79 Å². The predicted octanol–water partition coefficient (Wildman–Crippen LogP) is 3.44. The number of benzene rings is 1. The van der Waals surface area contributed by atoms with E-state index in [0.717, 1.165) is 11.1 Å². The van der Waals surface area contributed by atoms with Crippen molar-refractivity contribution in [2.45, 2.75) is 12.3 Å². The van der Waals surface area contributed by atoms with Crippen molar-refractivity contribution in [1.29, 1.82) is 0 Å². The summed E-state index contributed by atoms with van der Waals surface area (Å²) in [5.41, 5.74) is 2.13. The van der Waals surface area contributed by atoms with Gasteiger partial charge in [0.05, 0.1) is 0 Å². The third-order valence-electron chi connectivity index (χ3n) is 2.29. The molecule has 1 aromatic carbocycles. The van der Waals surface area contributed by atoms with Crippen LogP contribution in [0.25, 0.3) is 11.3 Å². The summed E-state index contributed by atoms with van der Waals surface area (Å²) >= 11 is 3.35. The lowest BCUT2D eigenvalue weighted by Crippen LogP contribution is -1.96. The zero-order valence-corrected chi connectivity index (χ0v) is 10.3. The lowest BCUT2D eigenvalue weighted by molar-refractivity contribution is 0.100. The quantitative estimate of drug-likeness (QED) is 0.639. The number of halogens is 1. The van der Waals surface area contributed by atoms with Gasteiger partial charge in [-0.1, -0.05) is 51.4 Å². The fourth-order valence-corrected chi connectivity index (χ4v) is 2.05. The van der Waals surface area contributed by atoms with Gasteiger partial charge in [0.25, 0.3) is 0 Å². The van der Waals surface area contributed by atoms with Crippen LogP contribution < -0.4 is 0 Å². The molecule has 4 heteroatoms. The van der Waals surface area contributed by atoms with Gasteiger partial charge in [-0.05, 0) is 0 Å². The van der Waals surface area contributed by atoms with Crippen LogP contribution in [0.4, 0.5) is 0 Å². The number of ketones is 1. The summed E-state index contributed by atoms with van der Waals surface area (Å²) in [6.45, 7) is 1.48. The van der Waals surface area contributed by atoms with Crippen LogP contribution in [-0.2, 0) is 5.33 Å². The van der Waals surface area contributed by atoms with Crippen LogP contribution in [0.2, 0.25) is 0 Å². The van der Waals surface area contributed by atoms with Crippen LogP contribution in [-0.4, -0.2) is 10.9 Å². The highest BCUT2D eigenvalue weighted by atomic mass is 79.9. The molecule has 0 unspecified atom stereocenters. The summed E-state index contributed by atoms with van der Waals surface area (Å²) < 4.78 is 5.23. The second kappa shape index (κ2) is 4.61. The van der Waals surface area contributed by atoms with Gasteiger partial charge in [0.15, 0.2) is 17.2 Å². The van der Waals surface area contributed by atoms with Crippen molar-refractivity contribution in [2.24, 2.45) is 0 Å². The Morgan fingerprint density at radius 3 is 2.62 bits per heavy atom. The van der Waals surface area contributed by atoms with Crippen molar-refractivity contribution in [3.05, 3.63) is 41.6 Å². The molecule has 0 aliphatic heterocycles. The van der Waals surface area contributed by atoms with Crippen molar-refractivity contribution in [3.8, 4) is 11.3 Å². The van der Waals surface area contributed by atoms with Crippen LogP contribution in [0.1, 0.15) is 23.0 Å². The zero-order valence-electron chi connectivity index (χ0n) is 8.74. The van der Waals surface area contributed by atoms with E-state index in [1.807, 2.05) is 30.3 Å². The molecule has 0 saturated carbocycles. The van der Waals surface area contributed by atoms with Crippen LogP contribution in [0.15, 0.2) is 34.9 Å². The number of carbonyl (C=O) groups is 1. The summed E-state index contributed by atoms with van der Waals surface area (Å²) in [7, 11) is 0. The lowest BCUT2D eigenvalue weighted by atomic mass is 10.1. The Labute approximate surface area is 102 Å². The summed E-state index contributed by atoms with van der Waals surface area (Å²) in [6, 6.07) is 9.62. The first-order valence-electron chi connectivity index (χ1n) is 4.85. The molecular weight excluding hydrogens is 270 g/mol. The molecule has 0 aliphatic rings. The van der Waals surface area contributed by atoms with E-state index in [1.54, 1.807) is 0 Å². The molecule has 0 N–H and O–H groups in total. The average molecular weight is 280 g/mol. The number of Topliss-reactive ketones (excluding diaryl/α,β-unsaturated/α-hetero) is 1. The Morgan fingerprint density at radius 2 is 2.06 bits per heavy atom. The first-order valence-corrected chi connectivity index (χ1v) is 5.97. The Bertz CT molecular complexity index is 505. The first-order chi connectivity index (χ1) is 7.74. The number of rotatable bonds is 3. The van der Waals surface area contributed by atoms with E-state index in [1.165, 1.54) is 6.92 Å². The molecule has 0 fully saturated rings. The minimum atomic E-state index is -0.0830. The molecule has 0 atom stereocenters. The van der Waals surface area contributed by atoms with Crippen LogP contribution in [0.5, 0.6) is 0 Å². The SMILES string of the molecule is CC(=O)c1noc(-c2ccccc2)c1CBr. The van der Waals surface area contributed by atoms with E-state index in [0.29, 0.717) is 16.8 Å².